The third-order valence-corrected chi connectivity index (χ3v) is 4.12. The fourth-order valence-corrected chi connectivity index (χ4v) is 2.81. The molecular weight excluding hydrogens is 256 g/mol. The molecule has 0 aromatic heterocycles. The smallest absolute Gasteiger partial charge is 0.275 e. The molecule has 110 valence electrons. The quantitative estimate of drug-likeness (QED) is 0.653. The van der Waals surface area contributed by atoms with Crippen LogP contribution in [0.4, 0.5) is 11.4 Å². The zero-order chi connectivity index (χ0) is 14.6. The molecule has 5 nitrogen and oxygen atoms in total. The Kier molecular flexibility index (Phi) is 4.47. The number of ether oxygens (including phenoxy) is 1. The van der Waals surface area contributed by atoms with Gasteiger partial charge in [0.1, 0.15) is 5.75 Å². The molecule has 0 amide bonds. The molecule has 0 unspecified atom stereocenters. The van der Waals surface area contributed by atoms with Gasteiger partial charge in [0.15, 0.2) is 0 Å². The first kappa shape index (κ1) is 14.6. The maximum absolute atomic E-state index is 10.9. The molecule has 0 saturated heterocycles. The summed E-state index contributed by atoms with van der Waals surface area (Å²) in [5.41, 5.74) is 1.10. The molecule has 1 aliphatic rings. The van der Waals surface area contributed by atoms with E-state index in [0.717, 1.165) is 12.2 Å². The predicted octanol–water partition coefficient (Wildman–Crippen LogP) is 3.99. The first-order valence-electron chi connectivity index (χ1n) is 7.10. The Morgan fingerprint density at radius 1 is 1.30 bits per heavy atom. The molecule has 5 heteroatoms. The van der Waals surface area contributed by atoms with Crippen molar-refractivity contribution in [1.29, 1.82) is 0 Å². The maximum Gasteiger partial charge on any atom is 0.275 e. The molecule has 0 aliphatic heterocycles. The molecule has 0 radical (unpaired) electrons. The van der Waals surface area contributed by atoms with E-state index in [2.05, 4.69) is 12.2 Å². The van der Waals surface area contributed by atoms with Gasteiger partial charge < -0.3 is 10.1 Å². The van der Waals surface area contributed by atoms with Gasteiger partial charge in [0.2, 0.25) is 0 Å². The van der Waals surface area contributed by atoms with Crippen LogP contribution in [0.5, 0.6) is 5.75 Å². The van der Waals surface area contributed by atoms with Gasteiger partial charge in [-0.1, -0.05) is 26.2 Å². The van der Waals surface area contributed by atoms with Gasteiger partial charge in [-0.3, -0.25) is 10.1 Å². The van der Waals surface area contributed by atoms with E-state index in [-0.39, 0.29) is 11.1 Å². The number of rotatable bonds is 5. The van der Waals surface area contributed by atoms with Crippen LogP contribution in [0.15, 0.2) is 18.2 Å². The molecule has 0 spiro atoms. The van der Waals surface area contributed by atoms with Crippen LogP contribution >= 0.6 is 0 Å². The highest BCUT2D eigenvalue weighted by atomic mass is 16.6. The summed E-state index contributed by atoms with van der Waals surface area (Å²) >= 11 is 0. The van der Waals surface area contributed by atoms with Gasteiger partial charge in [0.05, 0.1) is 18.1 Å². The lowest BCUT2D eigenvalue weighted by Gasteiger charge is -2.34. The van der Waals surface area contributed by atoms with E-state index in [1.165, 1.54) is 45.3 Å². The maximum atomic E-state index is 10.9. The van der Waals surface area contributed by atoms with Crippen molar-refractivity contribution in [2.75, 3.05) is 19.0 Å². The van der Waals surface area contributed by atoms with E-state index in [4.69, 9.17) is 4.74 Å². The monoisotopic (exact) mass is 278 g/mol. The lowest BCUT2D eigenvalue weighted by molar-refractivity contribution is -0.384. The van der Waals surface area contributed by atoms with Gasteiger partial charge in [-0.05, 0) is 18.3 Å². The normalized spacial score (nSPS) is 17.5. The molecule has 20 heavy (non-hydrogen) atoms. The largest absolute Gasteiger partial charge is 0.496 e. The van der Waals surface area contributed by atoms with E-state index in [0.29, 0.717) is 5.75 Å². The first-order valence-corrected chi connectivity index (χ1v) is 7.10. The van der Waals surface area contributed by atoms with Crippen molar-refractivity contribution in [3.63, 3.8) is 0 Å². The van der Waals surface area contributed by atoms with E-state index < -0.39 is 4.92 Å². The zero-order valence-corrected chi connectivity index (χ0v) is 12.1. The summed E-state index contributed by atoms with van der Waals surface area (Å²) in [5.74, 6) is 0.510. The minimum atomic E-state index is -0.393. The second-order valence-electron chi connectivity index (χ2n) is 5.90. The molecule has 1 aromatic rings. The number of hydrogen-bond acceptors (Lipinski definition) is 4. The number of benzene rings is 1. The summed E-state index contributed by atoms with van der Waals surface area (Å²) in [6, 6.07) is 4.81. The van der Waals surface area contributed by atoms with Gasteiger partial charge in [-0.2, -0.15) is 0 Å². The molecular formula is C15H22N2O3. The molecule has 1 aliphatic carbocycles. The molecule has 1 aromatic carbocycles. The molecule has 1 saturated carbocycles. The van der Waals surface area contributed by atoms with Crippen molar-refractivity contribution in [3.05, 3.63) is 28.3 Å². The summed E-state index contributed by atoms with van der Waals surface area (Å²) in [6.45, 7) is 3.13. The lowest BCUT2D eigenvalue weighted by atomic mass is 9.76. The number of nitro benzene ring substituents is 1. The number of hydrogen-bond donors (Lipinski definition) is 1. The van der Waals surface area contributed by atoms with E-state index in [9.17, 15) is 10.1 Å². The summed E-state index contributed by atoms with van der Waals surface area (Å²) in [6.07, 6.45) is 6.30. The Morgan fingerprint density at radius 3 is 2.60 bits per heavy atom. The minimum absolute atomic E-state index is 0.0562. The van der Waals surface area contributed by atoms with Crippen molar-refractivity contribution in [1.82, 2.24) is 0 Å². The molecule has 0 atom stereocenters. The summed E-state index contributed by atoms with van der Waals surface area (Å²) in [7, 11) is 1.52. The summed E-state index contributed by atoms with van der Waals surface area (Å²) in [4.78, 5) is 10.5. The van der Waals surface area contributed by atoms with Crippen molar-refractivity contribution in [2.45, 2.75) is 39.0 Å². The number of anilines is 1. The van der Waals surface area contributed by atoms with Gasteiger partial charge in [0, 0.05) is 24.4 Å². The van der Waals surface area contributed by atoms with Crippen LogP contribution in [0, 0.1) is 15.5 Å². The van der Waals surface area contributed by atoms with Crippen molar-refractivity contribution in [3.8, 4) is 5.75 Å². The van der Waals surface area contributed by atoms with Crippen LogP contribution in [-0.2, 0) is 0 Å². The molecule has 2 rings (SSSR count). The van der Waals surface area contributed by atoms with Gasteiger partial charge in [0.25, 0.3) is 5.69 Å². The fourth-order valence-electron chi connectivity index (χ4n) is 2.81. The highest BCUT2D eigenvalue weighted by Crippen LogP contribution is 2.36. The minimum Gasteiger partial charge on any atom is -0.496 e. The third kappa shape index (κ3) is 3.62. The molecule has 1 fully saturated rings. The molecule has 0 bridgehead atoms. The lowest BCUT2D eigenvalue weighted by Crippen LogP contribution is -2.28. The number of nitrogens with one attached hydrogen (secondary N) is 1. The average Bonchev–Trinajstić information content (AvgIpc) is 2.45. The Balaban J connectivity index is 2.08. The SMILES string of the molecule is COc1cc(NCC2(C)CCCCC2)cc([N+](=O)[O-])c1. The van der Waals surface area contributed by atoms with Crippen LogP contribution in [0.3, 0.4) is 0 Å². The van der Waals surface area contributed by atoms with Crippen LogP contribution < -0.4 is 10.1 Å². The van der Waals surface area contributed by atoms with E-state index >= 15 is 0 Å². The number of methoxy groups -OCH3 is 1. The average molecular weight is 278 g/mol. The molecule has 0 heterocycles. The molecule has 1 N–H and O–H groups in total. The second kappa shape index (κ2) is 6.11. The second-order valence-corrected chi connectivity index (χ2v) is 5.90. The standard InChI is InChI=1S/C15H22N2O3/c1-15(6-4-3-5-7-15)11-16-12-8-13(17(18)19)10-14(9-12)20-2/h8-10,16H,3-7,11H2,1-2H3. The van der Waals surface area contributed by atoms with E-state index in [1.54, 1.807) is 12.1 Å². The van der Waals surface area contributed by atoms with Crippen LogP contribution in [-0.4, -0.2) is 18.6 Å². The van der Waals surface area contributed by atoms with Gasteiger partial charge in [-0.25, -0.2) is 0 Å². The summed E-state index contributed by atoms with van der Waals surface area (Å²) in [5, 5.41) is 14.3. The summed E-state index contributed by atoms with van der Waals surface area (Å²) < 4.78 is 5.12. The van der Waals surface area contributed by atoms with Crippen molar-refractivity contribution < 1.29 is 9.66 Å². The van der Waals surface area contributed by atoms with Crippen molar-refractivity contribution >= 4 is 11.4 Å². The number of nitro groups is 1. The van der Waals surface area contributed by atoms with Crippen LogP contribution in [0.2, 0.25) is 0 Å². The highest BCUT2D eigenvalue weighted by Gasteiger charge is 2.26. The van der Waals surface area contributed by atoms with Crippen LogP contribution in [0.25, 0.3) is 0 Å². The van der Waals surface area contributed by atoms with Gasteiger partial charge in [-0.15, -0.1) is 0 Å². The van der Waals surface area contributed by atoms with Crippen molar-refractivity contribution in [2.24, 2.45) is 5.41 Å². The number of non-ortho nitro benzene ring substituents is 1. The van der Waals surface area contributed by atoms with E-state index in [1.807, 2.05) is 0 Å². The Labute approximate surface area is 119 Å². The third-order valence-electron chi connectivity index (χ3n) is 4.12. The fraction of sp³-hybridized carbons (Fsp3) is 0.600. The van der Waals surface area contributed by atoms with Gasteiger partial charge >= 0.3 is 0 Å². The zero-order valence-electron chi connectivity index (χ0n) is 12.1. The highest BCUT2D eigenvalue weighted by molar-refractivity contribution is 5.56. The topological polar surface area (TPSA) is 64.4 Å². The number of nitrogens with zero attached hydrogens (tertiary/aromatic N) is 1. The van der Waals surface area contributed by atoms with Crippen LogP contribution in [0.1, 0.15) is 39.0 Å². The Morgan fingerprint density at radius 2 is 2.00 bits per heavy atom. The predicted molar refractivity (Wildman–Crippen MR) is 79.3 cm³/mol. The Bertz CT molecular complexity index is 482. The Hall–Kier alpha value is -1.78. The first-order chi connectivity index (χ1) is 9.52.